The lowest BCUT2D eigenvalue weighted by Crippen LogP contribution is -2.17. The molecular formula is C14H13N3O2. The molecule has 2 aromatic heterocycles. The normalized spacial score (nSPS) is 10.2. The molecule has 0 aliphatic heterocycles. The van der Waals surface area contributed by atoms with Gasteiger partial charge in [-0.1, -0.05) is 6.07 Å². The van der Waals surface area contributed by atoms with Crippen LogP contribution >= 0.6 is 0 Å². The molecule has 0 saturated heterocycles. The molecule has 5 nitrogen and oxygen atoms in total. The zero-order chi connectivity index (χ0) is 13.8. The summed E-state index contributed by atoms with van der Waals surface area (Å²) in [5.41, 5.74) is 7.52. The van der Waals surface area contributed by atoms with E-state index in [-0.39, 0.29) is 17.8 Å². The summed E-state index contributed by atoms with van der Waals surface area (Å²) in [5, 5.41) is 0. The second-order valence-corrected chi connectivity index (χ2v) is 4.16. The lowest BCUT2D eigenvalue weighted by molar-refractivity contribution is -0.116. The molecular weight excluding hydrogens is 242 g/mol. The number of aromatic nitrogens is 2. The predicted octanol–water partition coefficient (Wildman–Crippen LogP) is 1.37. The molecule has 2 rings (SSSR count). The topological polar surface area (TPSA) is 85.9 Å². The summed E-state index contributed by atoms with van der Waals surface area (Å²) in [7, 11) is 0. The Bertz CT molecular complexity index is 624. The van der Waals surface area contributed by atoms with Crippen LogP contribution in [0.5, 0.6) is 0 Å². The van der Waals surface area contributed by atoms with E-state index in [2.05, 4.69) is 9.97 Å². The molecule has 19 heavy (non-hydrogen) atoms. The van der Waals surface area contributed by atoms with Crippen molar-refractivity contribution < 1.29 is 9.59 Å². The predicted molar refractivity (Wildman–Crippen MR) is 70.4 cm³/mol. The molecule has 0 aliphatic carbocycles. The van der Waals surface area contributed by atoms with Crippen LogP contribution in [0.3, 0.4) is 0 Å². The highest BCUT2D eigenvalue weighted by molar-refractivity contribution is 6.01. The van der Waals surface area contributed by atoms with Crippen LogP contribution in [0.2, 0.25) is 0 Å². The maximum absolute atomic E-state index is 11.6. The van der Waals surface area contributed by atoms with Gasteiger partial charge >= 0.3 is 0 Å². The number of Topliss-reactive ketones (excluding diaryl/α,β-unsaturated/α-hetero) is 1. The molecule has 2 heterocycles. The number of hydrogen-bond acceptors (Lipinski definition) is 4. The van der Waals surface area contributed by atoms with Gasteiger partial charge in [0, 0.05) is 30.6 Å². The van der Waals surface area contributed by atoms with Gasteiger partial charge in [-0.3, -0.25) is 19.6 Å². The average Bonchev–Trinajstić information content (AvgIpc) is 2.38. The first kappa shape index (κ1) is 12.9. The van der Waals surface area contributed by atoms with Crippen molar-refractivity contribution in [3.63, 3.8) is 0 Å². The fourth-order valence-corrected chi connectivity index (χ4v) is 1.91. The van der Waals surface area contributed by atoms with Crippen LogP contribution < -0.4 is 5.73 Å². The lowest BCUT2D eigenvalue weighted by atomic mass is 9.98. The Morgan fingerprint density at radius 1 is 1.26 bits per heavy atom. The minimum atomic E-state index is -0.594. The van der Waals surface area contributed by atoms with E-state index in [4.69, 9.17) is 5.73 Å². The van der Waals surface area contributed by atoms with Gasteiger partial charge in [-0.15, -0.1) is 0 Å². The minimum Gasteiger partial charge on any atom is -0.366 e. The van der Waals surface area contributed by atoms with Crippen LogP contribution in [-0.2, 0) is 11.2 Å². The van der Waals surface area contributed by atoms with E-state index in [1.165, 1.54) is 6.92 Å². The van der Waals surface area contributed by atoms with E-state index < -0.39 is 5.91 Å². The molecule has 0 spiro atoms. The van der Waals surface area contributed by atoms with E-state index in [1.807, 2.05) is 6.07 Å². The number of hydrogen-bond donors (Lipinski definition) is 1. The van der Waals surface area contributed by atoms with Gasteiger partial charge in [0.1, 0.15) is 5.78 Å². The van der Waals surface area contributed by atoms with Crippen LogP contribution in [0, 0.1) is 0 Å². The molecule has 0 atom stereocenters. The maximum atomic E-state index is 11.6. The Morgan fingerprint density at radius 3 is 2.63 bits per heavy atom. The number of carbonyl (C=O) groups is 2. The summed E-state index contributed by atoms with van der Waals surface area (Å²) in [6.45, 7) is 1.45. The standard InChI is InChI=1S/C14H13N3O2/c1-9(18)7-12-13(14(15)19)11(4-6-17-12)10-3-2-5-16-8-10/h2-6,8H,7H2,1H3,(H2,15,19). The van der Waals surface area contributed by atoms with Crippen LogP contribution in [-0.4, -0.2) is 21.7 Å². The van der Waals surface area contributed by atoms with Gasteiger partial charge in [-0.05, 0) is 24.6 Å². The molecule has 0 fully saturated rings. The lowest BCUT2D eigenvalue weighted by Gasteiger charge is -2.10. The summed E-state index contributed by atoms with van der Waals surface area (Å²) in [6.07, 6.45) is 4.93. The van der Waals surface area contributed by atoms with Crippen molar-refractivity contribution in [2.24, 2.45) is 5.73 Å². The summed E-state index contributed by atoms with van der Waals surface area (Å²) in [5.74, 6) is -0.665. The molecule has 2 aromatic rings. The summed E-state index contributed by atoms with van der Waals surface area (Å²) < 4.78 is 0. The molecule has 0 unspecified atom stereocenters. The fourth-order valence-electron chi connectivity index (χ4n) is 1.91. The highest BCUT2D eigenvalue weighted by atomic mass is 16.1. The van der Waals surface area contributed by atoms with Crippen molar-refractivity contribution in [1.82, 2.24) is 9.97 Å². The van der Waals surface area contributed by atoms with Crippen molar-refractivity contribution >= 4 is 11.7 Å². The van der Waals surface area contributed by atoms with Crippen molar-refractivity contribution in [2.45, 2.75) is 13.3 Å². The first-order chi connectivity index (χ1) is 9.09. The second-order valence-electron chi connectivity index (χ2n) is 4.16. The van der Waals surface area contributed by atoms with Gasteiger partial charge in [0.25, 0.3) is 5.91 Å². The molecule has 0 bridgehead atoms. The smallest absolute Gasteiger partial charge is 0.251 e. The quantitative estimate of drug-likeness (QED) is 0.894. The van der Waals surface area contributed by atoms with Crippen LogP contribution in [0.15, 0.2) is 36.8 Å². The van der Waals surface area contributed by atoms with Crippen LogP contribution in [0.4, 0.5) is 0 Å². The maximum Gasteiger partial charge on any atom is 0.251 e. The monoisotopic (exact) mass is 255 g/mol. The molecule has 0 aliphatic rings. The van der Waals surface area contributed by atoms with E-state index in [1.54, 1.807) is 30.7 Å². The van der Waals surface area contributed by atoms with Gasteiger partial charge < -0.3 is 5.73 Å². The third kappa shape index (κ3) is 2.82. The van der Waals surface area contributed by atoms with Gasteiger partial charge in [0.2, 0.25) is 0 Å². The van der Waals surface area contributed by atoms with Gasteiger partial charge in [-0.25, -0.2) is 0 Å². The van der Waals surface area contributed by atoms with E-state index in [0.29, 0.717) is 11.3 Å². The molecule has 0 saturated carbocycles. The van der Waals surface area contributed by atoms with Gasteiger partial charge in [0.05, 0.1) is 11.3 Å². The molecule has 96 valence electrons. The van der Waals surface area contributed by atoms with Crippen molar-refractivity contribution in [1.29, 1.82) is 0 Å². The Labute approximate surface area is 110 Å². The number of carbonyl (C=O) groups excluding carboxylic acids is 2. The van der Waals surface area contributed by atoms with E-state index in [0.717, 1.165) is 5.56 Å². The molecule has 2 N–H and O–H groups in total. The summed E-state index contributed by atoms with van der Waals surface area (Å²) in [4.78, 5) is 31.0. The number of nitrogens with two attached hydrogens (primary N) is 1. The Morgan fingerprint density at radius 2 is 2.05 bits per heavy atom. The van der Waals surface area contributed by atoms with Crippen LogP contribution in [0.1, 0.15) is 23.0 Å². The number of ketones is 1. The molecule has 1 amide bonds. The Kier molecular flexibility index (Phi) is 3.66. The van der Waals surface area contributed by atoms with Crippen molar-refractivity contribution in [3.05, 3.63) is 48.0 Å². The first-order valence-electron chi connectivity index (χ1n) is 5.77. The highest BCUT2D eigenvalue weighted by Crippen LogP contribution is 2.24. The number of pyridine rings is 2. The zero-order valence-electron chi connectivity index (χ0n) is 10.5. The highest BCUT2D eigenvalue weighted by Gasteiger charge is 2.17. The SMILES string of the molecule is CC(=O)Cc1nccc(-c2cccnc2)c1C(N)=O. The third-order valence-corrected chi connectivity index (χ3v) is 2.66. The van der Waals surface area contributed by atoms with Gasteiger partial charge in [-0.2, -0.15) is 0 Å². The average molecular weight is 255 g/mol. The van der Waals surface area contributed by atoms with Crippen molar-refractivity contribution in [2.75, 3.05) is 0 Å². The molecule has 5 heteroatoms. The number of primary amides is 1. The van der Waals surface area contributed by atoms with Crippen LogP contribution in [0.25, 0.3) is 11.1 Å². The van der Waals surface area contributed by atoms with E-state index >= 15 is 0 Å². The summed E-state index contributed by atoms with van der Waals surface area (Å²) in [6, 6.07) is 5.29. The Balaban J connectivity index is 2.61. The molecule has 0 aromatic carbocycles. The zero-order valence-corrected chi connectivity index (χ0v) is 10.5. The second kappa shape index (κ2) is 5.39. The first-order valence-corrected chi connectivity index (χ1v) is 5.77. The fraction of sp³-hybridized carbons (Fsp3) is 0.143. The number of nitrogens with zero attached hydrogens (tertiary/aromatic N) is 2. The Hall–Kier alpha value is -2.56. The van der Waals surface area contributed by atoms with E-state index in [9.17, 15) is 9.59 Å². The summed E-state index contributed by atoms with van der Waals surface area (Å²) >= 11 is 0. The number of amides is 1. The number of rotatable bonds is 4. The minimum absolute atomic E-state index is 0.0710. The largest absolute Gasteiger partial charge is 0.366 e. The third-order valence-electron chi connectivity index (χ3n) is 2.66. The van der Waals surface area contributed by atoms with Crippen molar-refractivity contribution in [3.8, 4) is 11.1 Å². The molecule has 0 radical (unpaired) electrons. The van der Waals surface area contributed by atoms with Gasteiger partial charge in [0.15, 0.2) is 0 Å².